The Morgan fingerprint density at radius 3 is 2.19 bits per heavy atom. The maximum atomic E-state index is 5.76. The van der Waals surface area contributed by atoms with Crippen molar-refractivity contribution in [3.63, 3.8) is 0 Å². The fourth-order valence-electron chi connectivity index (χ4n) is 1.56. The van der Waals surface area contributed by atoms with Gasteiger partial charge in [0.2, 0.25) is 0 Å². The number of rotatable bonds is 8. The standard InChI is InChI=1S/C14H31NO/c1-7-13(11-15-10-12(2)3)8-9-16-14(4,5)6/h12-13,15H,7-11H2,1-6H3. The smallest absolute Gasteiger partial charge is 0.0598 e. The predicted molar refractivity (Wildman–Crippen MR) is 71.8 cm³/mol. The third-order valence-electron chi connectivity index (χ3n) is 2.62. The summed E-state index contributed by atoms with van der Waals surface area (Å²) in [5.74, 6) is 1.49. The molecule has 0 bridgehead atoms. The van der Waals surface area contributed by atoms with Crippen LogP contribution in [0.1, 0.15) is 54.4 Å². The highest BCUT2D eigenvalue weighted by Crippen LogP contribution is 2.12. The summed E-state index contributed by atoms with van der Waals surface area (Å²) in [6.07, 6.45) is 2.40. The second kappa shape index (κ2) is 8.08. The minimum Gasteiger partial charge on any atom is -0.376 e. The molecular formula is C14H31NO. The highest BCUT2D eigenvalue weighted by Gasteiger charge is 2.12. The Bertz CT molecular complexity index is 161. The van der Waals surface area contributed by atoms with Crippen LogP contribution in [0.25, 0.3) is 0 Å². The molecule has 2 nitrogen and oxygen atoms in total. The Kier molecular flexibility index (Phi) is 8.04. The van der Waals surface area contributed by atoms with Gasteiger partial charge in [0, 0.05) is 6.61 Å². The molecule has 0 amide bonds. The maximum Gasteiger partial charge on any atom is 0.0598 e. The van der Waals surface area contributed by atoms with Gasteiger partial charge in [-0.05, 0) is 52.1 Å². The molecule has 98 valence electrons. The van der Waals surface area contributed by atoms with Crippen molar-refractivity contribution in [2.45, 2.75) is 60.0 Å². The predicted octanol–water partition coefficient (Wildman–Crippen LogP) is 3.46. The van der Waals surface area contributed by atoms with Gasteiger partial charge in [0.05, 0.1) is 5.60 Å². The second-order valence-corrected chi connectivity index (χ2v) is 6.08. The van der Waals surface area contributed by atoms with Crippen molar-refractivity contribution in [2.75, 3.05) is 19.7 Å². The fourth-order valence-corrected chi connectivity index (χ4v) is 1.56. The molecule has 16 heavy (non-hydrogen) atoms. The van der Waals surface area contributed by atoms with Gasteiger partial charge in [0.15, 0.2) is 0 Å². The molecular weight excluding hydrogens is 198 g/mol. The van der Waals surface area contributed by atoms with E-state index in [0.717, 1.165) is 31.5 Å². The molecule has 0 fully saturated rings. The van der Waals surface area contributed by atoms with Gasteiger partial charge in [0.1, 0.15) is 0 Å². The molecule has 0 aromatic heterocycles. The zero-order valence-electron chi connectivity index (χ0n) is 12.1. The van der Waals surface area contributed by atoms with Gasteiger partial charge in [-0.25, -0.2) is 0 Å². The van der Waals surface area contributed by atoms with E-state index in [0.29, 0.717) is 0 Å². The summed E-state index contributed by atoms with van der Waals surface area (Å²) < 4.78 is 5.76. The summed E-state index contributed by atoms with van der Waals surface area (Å²) in [6.45, 7) is 16.2. The minimum atomic E-state index is 0.00362. The summed E-state index contributed by atoms with van der Waals surface area (Å²) in [4.78, 5) is 0. The molecule has 0 saturated carbocycles. The molecule has 0 aromatic carbocycles. The zero-order chi connectivity index (χ0) is 12.6. The maximum absolute atomic E-state index is 5.76. The average molecular weight is 229 g/mol. The number of ether oxygens (including phenoxy) is 1. The van der Waals surface area contributed by atoms with Crippen molar-refractivity contribution in [2.24, 2.45) is 11.8 Å². The summed E-state index contributed by atoms with van der Waals surface area (Å²) in [5.41, 5.74) is 0.00362. The van der Waals surface area contributed by atoms with E-state index in [1.165, 1.54) is 12.8 Å². The Morgan fingerprint density at radius 2 is 1.75 bits per heavy atom. The highest BCUT2D eigenvalue weighted by molar-refractivity contribution is 4.64. The van der Waals surface area contributed by atoms with Crippen LogP contribution < -0.4 is 5.32 Å². The van der Waals surface area contributed by atoms with Crippen molar-refractivity contribution in [1.82, 2.24) is 5.32 Å². The quantitative estimate of drug-likeness (QED) is 0.688. The molecule has 1 atom stereocenters. The molecule has 0 aromatic rings. The van der Waals surface area contributed by atoms with Crippen molar-refractivity contribution in [3.05, 3.63) is 0 Å². The van der Waals surface area contributed by atoms with Crippen LogP contribution in [0, 0.1) is 11.8 Å². The van der Waals surface area contributed by atoms with Crippen LogP contribution in [0.3, 0.4) is 0 Å². The van der Waals surface area contributed by atoms with Gasteiger partial charge in [-0.3, -0.25) is 0 Å². The number of hydrogen-bond donors (Lipinski definition) is 1. The minimum absolute atomic E-state index is 0.00362. The van der Waals surface area contributed by atoms with Crippen LogP contribution in [0.15, 0.2) is 0 Å². The van der Waals surface area contributed by atoms with Crippen molar-refractivity contribution in [3.8, 4) is 0 Å². The van der Waals surface area contributed by atoms with Gasteiger partial charge in [0.25, 0.3) is 0 Å². The summed E-state index contributed by atoms with van der Waals surface area (Å²) in [5, 5.41) is 3.53. The highest BCUT2D eigenvalue weighted by atomic mass is 16.5. The lowest BCUT2D eigenvalue weighted by atomic mass is 10.0. The van der Waals surface area contributed by atoms with Crippen LogP contribution in [-0.4, -0.2) is 25.3 Å². The molecule has 0 aliphatic rings. The van der Waals surface area contributed by atoms with E-state index in [9.17, 15) is 0 Å². The van der Waals surface area contributed by atoms with Crippen LogP contribution in [0.2, 0.25) is 0 Å². The third-order valence-corrected chi connectivity index (χ3v) is 2.62. The zero-order valence-corrected chi connectivity index (χ0v) is 12.1. The van der Waals surface area contributed by atoms with Crippen molar-refractivity contribution < 1.29 is 4.74 Å². The lowest BCUT2D eigenvalue weighted by Crippen LogP contribution is -2.28. The van der Waals surface area contributed by atoms with E-state index in [-0.39, 0.29) is 5.60 Å². The van der Waals surface area contributed by atoms with E-state index in [2.05, 4.69) is 46.9 Å². The first-order chi connectivity index (χ1) is 7.35. The molecule has 0 aliphatic heterocycles. The molecule has 0 spiro atoms. The van der Waals surface area contributed by atoms with Crippen LogP contribution in [0.4, 0.5) is 0 Å². The molecule has 1 unspecified atom stereocenters. The average Bonchev–Trinajstić information content (AvgIpc) is 2.13. The monoisotopic (exact) mass is 229 g/mol. The molecule has 0 aliphatic carbocycles. The van der Waals surface area contributed by atoms with E-state index < -0.39 is 0 Å². The Hall–Kier alpha value is -0.0800. The van der Waals surface area contributed by atoms with Gasteiger partial charge >= 0.3 is 0 Å². The summed E-state index contributed by atoms with van der Waals surface area (Å²) in [6, 6.07) is 0. The largest absolute Gasteiger partial charge is 0.376 e. The van der Waals surface area contributed by atoms with Crippen LogP contribution in [0.5, 0.6) is 0 Å². The van der Waals surface area contributed by atoms with E-state index >= 15 is 0 Å². The molecule has 0 rings (SSSR count). The van der Waals surface area contributed by atoms with E-state index in [1.54, 1.807) is 0 Å². The molecule has 0 saturated heterocycles. The van der Waals surface area contributed by atoms with Gasteiger partial charge in [-0.1, -0.05) is 27.2 Å². The Morgan fingerprint density at radius 1 is 1.12 bits per heavy atom. The van der Waals surface area contributed by atoms with Crippen molar-refractivity contribution >= 4 is 0 Å². The molecule has 0 radical (unpaired) electrons. The molecule has 2 heteroatoms. The number of hydrogen-bond acceptors (Lipinski definition) is 2. The van der Waals surface area contributed by atoms with Crippen molar-refractivity contribution in [1.29, 1.82) is 0 Å². The first-order valence-electron chi connectivity index (χ1n) is 6.69. The molecule has 0 heterocycles. The van der Waals surface area contributed by atoms with Gasteiger partial charge < -0.3 is 10.1 Å². The summed E-state index contributed by atoms with van der Waals surface area (Å²) >= 11 is 0. The fraction of sp³-hybridized carbons (Fsp3) is 1.00. The van der Waals surface area contributed by atoms with Crippen LogP contribution in [-0.2, 0) is 4.74 Å². The Balaban J connectivity index is 3.59. The topological polar surface area (TPSA) is 21.3 Å². The third kappa shape index (κ3) is 10.4. The lowest BCUT2D eigenvalue weighted by molar-refractivity contribution is -0.00939. The second-order valence-electron chi connectivity index (χ2n) is 6.08. The lowest BCUT2D eigenvalue weighted by Gasteiger charge is -2.22. The first kappa shape index (κ1) is 15.9. The van der Waals surface area contributed by atoms with E-state index in [1.807, 2.05) is 0 Å². The Labute approximate surface area is 102 Å². The SMILES string of the molecule is CCC(CCOC(C)(C)C)CNCC(C)C. The van der Waals surface area contributed by atoms with E-state index in [4.69, 9.17) is 4.74 Å². The first-order valence-corrected chi connectivity index (χ1v) is 6.69. The molecule has 1 N–H and O–H groups in total. The normalized spacial score (nSPS) is 14.4. The summed E-state index contributed by atoms with van der Waals surface area (Å²) in [7, 11) is 0. The van der Waals surface area contributed by atoms with Gasteiger partial charge in [-0.2, -0.15) is 0 Å². The van der Waals surface area contributed by atoms with Crippen LogP contribution >= 0.6 is 0 Å². The van der Waals surface area contributed by atoms with Gasteiger partial charge in [-0.15, -0.1) is 0 Å². The number of nitrogens with one attached hydrogen (secondary N) is 1.